The second-order valence-corrected chi connectivity index (χ2v) is 8.29. The number of nitrogens with two attached hydrogens (primary N) is 1. The smallest absolute Gasteiger partial charge is 0.228 e. The van der Waals surface area contributed by atoms with Gasteiger partial charge in [0.2, 0.25) is 11.9 Å². The lowest BCUT2D eigenvalue weighted by molar-refractivity contribution is 0.206. The van der Waals surface area contributed by atoms with Gasteiger partial charge >= 0.3 is 0 Å². The summed E-state index contributed by atoms with van der Waals surface area (Å²) >= 11 is 0. The molecule has 3 N–H and O–H groups in total. The zero-order valence-electron chi connectivity index (χ0n) is 16.7. The van der Waals surface area contributed by atoms with E-state index < -0.39 is 5.67 Å². The summed E-state index contributed by atoms with van der Waals surface area (Å²) in [5, 5.41) is 3.39. The summed E-state index contributed by atoms with van der Waals surface area (Å²) in [7, 11) is 0. The number of rotatable bonds is 8. The van der Waals surface area contributed by atoms with E-state index in [4.69, 9.17) is 5.73 Å². The summed E-state index contributed by atoms with van der Waals surface area (Å²) in [5.41, 5.74) is 8.11. The van der Waals surface area contributed by atoms with E-state index in [0.29, 0.717) is 11.9 Å². The van der Waals surface area contributed by atoms with Gasteiger partial charge in [0.25, 0.3) is 0 Å². The minimum absolute atomic E-state index is 0.0537. The lowest BCUT2D eigenvalue weighted by Crippen LogP contribution is -2.25. The van der Waals surface area contributed by atoms with E-state index >= 15 is 0 Å². The van der Waals surface area contributed by atoms with Gasteiger partial charge in [-0.25, -0.2) is 4.39 Å². The maximum Gasteiger partial charge on any atom is 0.228 e. The predicted molar refractivity (Wildman–Crippen MR) is 107 cm³/mol. The molecule has 0 saturated heterocycles. The van der Waals surface area contributed by atoms with Gasteiger partial charge < -0.3 is 11.1 Å². The van der Waals surface area contributed by atoms with E-state index in [1.165, 1.54) is 43.4 Å². The van der Waals surface area contributed by atoms with E-state index in [-0.39, 0.29) is 17.8 Å². The summed E-state index contributed by atoms with van der Waals surface area (Å²) in [6.07, 6.45) is 5.58. The average Bonchev–Trinajstić information content (AvgIpc) is 3.36. The summed E-state index contributed by atoms with van der Waals surface area (Å²) < 4.78 is 14.2. The Morgan fingerprint density at radius 2 is 1.81 bits per heavy atom. The average molecular weight is 372 g/mol. The SMILES string of the molecule is Cc1cc(C)cc(CCC[C@@H](Nc2nc(N)nc(C(C)(C)F)n2)C2CC2)c1. The molecule has 3 rings (SSSR count). The first kappa shape index (κ1) is 19.5. The van der Waals surface area contributed by atoms with Crippen LogP contribution in [0.25, 0.3) is 0 Å². The van der Waals surface area contributed by atoms with E-state index in [2.05, 4.69) is 52.3 Å². The Balaban J connectivity index is 1.64. The van der Waals surface area contributed by atoms with Crippen molar-refractivity contribution in [1.29, 1.82) is 0 Å². The number of aryl methyl sites for hydroxylation is 3. The molecule has 2 aromatic rings. The van der Waals surface area contributed by atoms with Crippen LogP contribution in [0.3, 0.4) is 0 Å². The Morgan fingerprint density at radius 1 is 1.15 bits per heavy atom. The Bertz CT molecular complexity index is 775. The normalized spacial score (nSPS) is 15.6. The number of alkyl halides is 1. The van der Waals surface area contributed by atoms with Gasteiger partial charge in [-0.1, -0.05) is 29.3 Å². The van der Waals surface area contributed by atoms with Crippen molar-refractivity contribution in [3.05, 3.63) is 40.7 Å². The van der Waals surface area contributed by atoms with Gasteiger partial charge in [0.15, 0.2) is 11.5 Å². The Labute approximate surface area is 161 Å². The van der Waals surface area contributed by atoms with Crippen LogP contribution < -0.4 is 11.1 Å². The van der Waals surface area contributed by atoms with Crippen LogP contribution in [0.2, 0.25) is 0 Å². The number of anilines is 2. The highest BCUT2D eigenvalue weighted by molar-refractivity contribution is 5.34. The van der Waals surface area contributed by atoms with Crippen LogP contribution in [0, 0.1) is 19.8 Å². The number of nitrogens with one attached hydrogen (secondary N) is 1. The van der Waals surface area contributed by atoms with Crippen LogP contribution in [-0.4, -0.2) is 21.0 Å². The topological polar surface area (TPSA) is 76.7 Å². The number of nitrogens with zero attached hydrogens (tertiary/aromatic N) is 3. The van der Waals surface area contributed by atoms with Crippen LogP contribution in [0.4, 0.5) is 16.3 Å². The van der Waals surface area contributed by atoms with Crippen molar-refractivity contribution in [1.82, 2.24) is 15.0 Å². The Kier molecular flexibility index (Phi) is 5.63. The second-order valence-electron chi connectivity index (χ2n) is 8.29. The van der Waals surface area contributed by atoms with E-state index in [9.17, 15) is 4.39 Å². The fourth-order valence-corrected chi connectivity index (χ4v) is 3.55. The van der Waals surface area contributed by atoms with Crippen molar-refractivity contribution in [3.8, 4) is 0 Å². The van der Waals surface area contributed by atoms with Gasteiger partial charge in [0.05, 0.1) is 0 Å². The van der Waals surface area contributed by atoms with Gasteiger partial charge in [0.1, 0.15) is 0 Å². The molecule has 1 aromatic heterocycles. The molecule has 6 heteroatoms. The fraction of sp³-hybridized carbons (Fsp3) is 0.571. The monoisotopic (exact) mass is 371 g/mol. The molecule has 0 aliphatic heterocycles. The lowest BCUT2D eigenvalue weighted by Gasteiger charge is -2.20. The molecule has 1 aliphatic rings. The molecular weight excluding hydrogens is 341 g/mol. The largest absolute Gasteiger partial charge is 0.368 e. The fourth-order valence-electron chi connectivity index (χ4n) is 3.55. The van der Waals surface area contributed by atoms with Gasteiger partial charge in [-0.15, -0.1) is 0 Å². The molecule has 1 saturated carbocycles. The molecule has 0 unspecified atom stereocenters. The van der Waals surface area contributed by atoms with Crippen molar-refractivity contribution >= 4 is 11.9 Å². The zero-order valence-corrected chi connectivity index (χ0v) is 16.7. The minimum atomic E-state index is -1.65. The summed E-state index contributed by atoms with van der Waals surface area (Å²) in [4.78, 5) is 12.4. The molecule has 1 atom stereocenters. The zero-order chi connectivity index (χ0) is 19.6. The second kappa shape index (κ2) is 7.79. The molecule has 0 spiro atoms. The number of halogens is 1. The molecule has 1 fully saturated rings. The van der Waals surface area contributed by atoms with Crippen LogP contribution in [0.15, 0.2) is 18.2 Å². The third-order valence-corrected chi connectivity index (χ3v) is 4.95. The maximum absolute atomic E-state index is 14.2. The third-order valence-electron chi connectivity index (χ3n) is 4.95. The molecule has 1 aromatic carbocycles. The van der Waals surface area contributed by atoms with Gasteiger partial charge in [-0.3, -0.25) is 0 Å². The molecule has 0 bridgehead atoms. The van der Waals surface area contributed by atoms with Crippen LogP contribution >= 0.6 is 0 Å². The third kappa shape index (κ3) is 5.62. The maximum atomic E-state index is 14.2. The Morgan fingerprint density at radius 3 is 2.41 bits per heavy atom. The van der Waals surface area contributed by atoms with E-state index in [1.54, 1.807) is 0 Å². The molecule has 146 valence electrons. The van der Waals surface area contributed by atoms with Gasteiger partial charge in [-0.05, 0) is 71.3 Å². The molecule has 0 radical (unpaired) electrons. The first-order chi connectivity index (χ1) is 12.7. The molecule has 5 nitrogen and oxygen atoms in total. The molecule has 1 heterocycles. The van der Waals surface area contributed by atoms with Crippen LogP contribution in [0.1, 0.15) is 62.0 Å². The first-order valence-corrected chi connectivity index (χ1v) is 9.75. The van der Waals surface area contributed by atoms with Crippen LogP contribution in [-0.2, 0) is 12.1 Å². The highest BCUT2D eigenvalue weighted by Gasteiger charge is 2.32. The highest BCUT2D eigenvalue weighted by Crippen LogP contribution is 2.36. The van der Waals surface area contributed by atoms with Crippen molar-refractivity contribution in [2.24, 2.45) is 5.92 Å². The number of hydrogen-bond acceptors (Lipinski definition) is 5. The quantitative estimate of drug-likeness (QED) is 0.715. The Hall–Kier alpha value is -2.24. The number of benzene rings is 1. The summed E-state index contributed by atoms with van der Waals surface area (Å²) in [6.45, 7) is 7.13. The first-order valence-electron chi connectivity index (χ1n) is 9.75. The van der Waals surface area contributed by atoms with E-state index in [1.807, 2.05) is 0 Å². The van der Waals surface area contributed by atoms with Crippen LogP contribution in [0.5, 0.6) is 0 Å². The summed E-state index contributed by atoms with van der Waals surface area (Å²) in [6, 6.07) is 7.00. The molecular formula is C21H30FN5. The van der Waals surface area contributed by atoms with Crippen molar-refractivity contribution in [3.63, 3.8) is 0 Å². The number of hydrogen-bond donors (Lipinski definition) is 2. The van der Waals surface area contributed by atoms with Crippen molar-refractivity contribution < 1.29 is 4.39 Å². The standard InChI is InChI=1S/C21H30FN5/c1-13-10-14(2)12-15(11-13)6-5-7-17(16-8-9-16)24-20-26-18(21(3,4)22)25-19(23)27-20/h10-12,16-17H,5-9H2,1-4H3,(H3,23,24,25,26,27)/t17-/m1/s1. The predicted octanol–water partition coefficient (Wildman–Crippen LogP) is 4.49. The lowest BCUT2D eigenvalue weighted by atomic mass is 9.99. The van der Waals surface area contributed by atoms with Crippen molar-refractivity contribution in [2.45, 2.75) is 71.5 Å². The minimum Gasteiger partial charge on any atom is -0.368 e. The molecule has 1 aliphatic carbocycles. The van der Waals surface area contributed by atoms with Gasteiger partial charge in [0, 0.05) is 6.04 Å². The summed E-state index contributed by atoms with van der Waals surface area (Å²) in [5.74, 6) is 1.14. The molecule has 27 heavy (non-hydrogen) atoms. The van der Waals surface area contributed by atoms with Gasteiger partial charge in [-0.2, -0.15) is 15.0 Å². The van der Waals surface area contributed by atoms with Crippen molar-refractivity contribution in [2.75, 3.05) is 11.1 Å². The molecule has 0 amide bonds. The van der Waals surface area contributed by atoms with E-state index in [0.717, 1.165) is 19.3 Å². The number of aromatic nitrogens is 3. The number of nitrogen functional groups attached to an aromatic ring is 1. The highest BCUT2D eigenvalue weighted by atomic mass is 19.1.